The van der Waals surface area contributed by atoms with Gasteiger partial charge in [-0.3, -0.25) is 4.79 Å². The van der Waals surface area contributed by atoms with E-state index in [1.54, 1.807) is 0 Å². The maximum Gasteiger partial charge on any atom is 0.239 e. The summed E-state index contributed by atoms with van der Waals surface area (Å²) in [4.78, 5) is 14.2. The summed E-state index contributed by atoms with van der Waals surface area (Å²) >= 11 is 0. The second-order valence-electron chi connectivity index (χ2n) is 5.44. The number of hydrogen-bond acceptors (Lipinski definition) is 3. The molecule has 0 aromatic rings. The summed E-state index contributed by atoms with van der Waals surface area (Å²) in [7, 11) is 1.92. The molecule has 4 heteroatoms. The standard InChI is InChI=1S/C13H24N2O2/c1-15(10-6-4-2-3-5-7-10)13(17)12-8-11(16)9-14-12/h10-12,14,16H,2-9H2,1H3. The highest BCUT2D eigenvalue weighted by Crippen LogP contribution is 2.22. The zero-order valence-corrected chi connectivity index (χ0v) is 10.7. The van der Waals surface area contributed by atoms with Crippen LogP contribution in [0, 0.1) is 0 Å². The van der Waals surface area contributed by atoms with Crippen LogP contribution in [0.25, 0.3) is 0 Å². The van der Waals surface area contributed by atoms with Gasteiger partial charge >= 0.3 is 0 Å². The highest BCUT2D eigenvalue weighted by Gasteiger charge is 2.32. The van der Waals surface area contributed by atoms with Crippen molar-refractivity contribution in [1.29, 1.82) is 0 Å². The maximum atomic E-state index is 12.3. The topological polar surface area (TPSA) is 52.6 Å². The molecule has 2 rings (SSSR count). The van der Waals surface area contributed by atoms with E-state index in [1.165, 1.54) is 25.7 Å². The van der Waals surface area contributed by atoms with E-state index in [2.05, 4.69) is 5.32 Å². The van der Waals surface area contributed by atoms with Gasteiger partial charge in [-0.05, 0) is 19.3 Å². The number of nitrogens with zero attached hydrogens (tertiary/aromatic N) is 1. The fraction of sp³-hybridized carbons (Fsp3) is 0.923. The van der Waals surface area contributed by atoms with Crippen LogP contribution in [0.4, 0.5) is 0 Å². The van der Waals surface area contributed by atoms with Crippen molar-refractivity contribution in [1.82, 2.24) is 10.2 Å². The third-order valence-corrected chi connectivity index (χ3v) is 4.13. The van der Waals surface area contributed by atoms with E-state index in [0.717, 1.165) is 12.8 Å². The molecule has 17 heavy (non-hydrogen) atoms. The zero-order chi connectivity index (χ0) is 12.3. The van der Waals surface area contributed by atoms with Crippen molar-refractivity contribution in [3.05, 3.63) is 0 Å². The fourth-order valence-electron chi connectivity index (χ4n) is 2.98. The summed E-state index contributed by atoms with van der Waals surface area (Å²) in [5.41, 5.74) is 0. The van der Waals surface area contributed by atoms with Gasteiger partial charge in [0.25, 0.3) is 0 Å². The van der Waals surface area contributed by atoms with Crippen molar-refractivity contribution in [3.63, 3.8) is 0 Å². The van der Waals surface area contributed by atoms with Crippen molar-refractivity contribution in [2.45, 2.75) is 63.1 Å². The molecule has 98 valence electrons. The number of carbonyl (C=O) groups is 1. The van der Waals surface area contributed by atoms with Gasteiger partial charge in [-0.25, -0.2) is 0 Å². The Morgan fingerprint density at radius 2 is 1.88 bits per heavy atom. The van der Waals surface area contributed by atoms with Crippen LogP contribution < -0.4 is 5.32 Å². The molecule has 2 aliphatic rings. The summed E-state index contributed by atoms with van der Waals surface area (Å²) in [5, 5.41) is 12.6. The van der Waals surface area contributed by atoms with Gasteiger partial charge in [-0.2, -0.15) is 0 Å². The number of likely N-dealkylation sites (N-methyl/N-ethyl adjacent to an activating group) is 1. The molecule has 1 saturated carbocycles. The van der Waals surface area contributed by atoms with Gasteiger partial charge in [-0.15, -0.1) is 0 Å². The second kappa shape index (κ2) is 5.83. The molecule has 1 aliphatic heterocycles. The Hall–Kier alpha value is -0.610. The van der Waals surface area contributed by atoms with Crippen LogP contribution in [-0.2, 0) is 4.79 Å². The fourth-order valence-corrected chi connectivity index (χ4v) is 2.98. The molecule has 0 aromatic carbocycles. The summed E-state index contributed by atoms with van der Waals surface area (Å²) in [6.45, 7) is 0.551. The quantitative estimate of drug-likeness (QED) is 0.705. The number of hydrogen-bond donors (Lipinski definition) is 2. The van der Waals surface area contributed by atoms with Crippen LogP contribution in [0.1, 0.15) is 44.9 Å². The summed E-state index contributed by atoms with van der Waals surface area (Å²) in [6.07, 6.45) is 7.57. The number of carbonyl (C=O) groups excluding carboxylic acids is 1. The Balaban J connectivity index is 1.89. The molecule has 2 N–H and O–H groups in total. The van der Waals surface area contributed by atoms with E-state index in [0.29, 0.717) is 19.0 Å². The molecule has 0 radical (unpaired) electrons. The van der Waals surface area contributed by atoms with Gasteiger partial charge in [0, 0.05) is 19.6 Å². The third-order valence-electron chi connectivity index (χ3n) is 4.13. The Morgan fingerprint density at radius 3 is 2.41 bits per heavy atom. The van der Waals surface area contributed by atoms with Crippen LogP contribution in [-0.4, -0.2) is 47.7 Å². The lowest BCUT2D eigenvalue weighted by Gasteiger charge is -2.29. The molecule has 2 unspecified atom stereocenters. The summed E-state index contributed by atoms with van der Waals surface area (Å²) in [5.74, 6) is 0.161. The average Bonchev–Trinajstić information content (AvgIpc) is 2.60. The molecule has 1 saturated heterocycles. The highest BCUT2D eigenvalue weighted by molar-refractivity contribution is 5.82. The van der Waals surface area contributed by atoms with Gasteiger partial charge in [0.05, 0.1) is 12.1 Å². The van der Waals surface area contributed by atoms with Gasteiger partial charge < -0.3 is 15.3 Å². The van der Waals surface area contributed by atoms with Crippen LogP contribution in [0.3, 0.4) is 0 Å². The van der Waals surface area contributed by atoms with Gasteiger partial charge in [-0.1, -0.05) is 25.7 Å². The predicted octanol–water partition coefficient (Wildman–Crippen LogP) is 0.890. The van der Waals surface area contributed by atoms with E-state index in [4.69, 9.17) is 0 Å². The number of aliphatic hydroxyl groups excluding tert-OH is 1. The Bertz CT molecular complexity index is 262. The molecule has 1 amide bonds. The summed E-state index contributed by atoms with van der Waals surface area (Å²) < 4.78 is 0. The Kier molecular flexibility index (Phi) is 4.40. The van der Waals surface area contributed by atoms with E-state index in [9.17, 15) is 9.90 Å². The molecular weight excluding hydrogens is 216 g/mol. The first-order valence-corrected chi connectivity index (χ1v) is 6.86. The monoisotopic (exact) mass is 240 g/mol. The Labute approximate surface area is 103 Å². The lowest BCUT2D eigenvalue weighted by Crippen LogP contribution is -2.46. The molecular formula is C13H24N2O2. The van der Waals surface area contributed by atoms with Crippen LogP contribution in [0.5, 0.6) is 0 Å². The number of aliphatic hydroxyl groups is 1. The van der Waals surface area contributed by atoms with Gasteiger partial charge in [0.2, 0.25) is 5.91 Å². The number of amides is 1. The minimum absolute atomic E-state index is 0.161. The normalized spacial score (nSPS) is 31.2. The van der Waals surface area contributed by atoms with E-state index >= 15 is 0 Å². The first-order chi connectivity index (χ1) is 8.18. The molecule has 0 aromatic heterocycles. The minimum atomic E-state index is -0.355. The van der Waals surface area contributed by atoms with Crippen LogP contribution in [0.2, 0.25) is 0 Å². The molecule has 1 aliphatic carbocycles. The minimum Gasteiger partial charge on any atom is -0.392 e. The molecule has 0 spiro atoms. The third kappa shape index (κ3) is 3.19. The smallest absolute Gasteiger partial charge is 0.239 e. The highest BCUT2D eigenvalue weighted by atomic mass is 16.3. The number of nitrogens with one attached hydrogen (secondary N) is 1. The predicted molar refractivity (Wildman–Crippen MR) is 66.7 cm³/mol. The largest absolute Gasteiger partial charge is 0.392 e. The average molecular weight is 240 g/mol. The van der Waals surface area contributed by atoms with Crippen molar-refractivity contribution in [2.75, 3.05) is 13.6 Å². The first-order valence-electron chi connectivity index (χ1n) is 6.86. The first kappa shape index (κ1) is 12.8. The molecule has 1 heterocycles. The molecule has 2 atom stereocenters. The Morgan fingerprint density at radius 1 is 1.24 bits per heavy atom. The van der Waals surface area contributed by atoms with Crippen molar-refractivity contribution < 1.29 is 9.90 Å². The molecule has 0 bridgehead atoms. The molecule has 2 fully saturated rings. The SMILES string of the molecule is CN(C(=O)C1CC(O)CN1)C1CCCCCC1. The zero-order valence-electron chi connectivity index (χ0n) is 10.7. The second-order valence-corrected chi connectivity index (χ2v) is 5.44. The van der Waals surface area contributed by atoms with Gasteiger partial charge in [0.1, 0.15) is 0 Å². The van der Waals surface area contributed by atoms with Crippen molar-refractivity contribution in [3.8, 4) is 0 Å². The van der Waals surface area contributed by atoms with E-state index < -0.39 is 0 Å². The lowest BCUT2D eigenvalue weighted by molar-refractivity contribution is -0.134. The maximum absolute atomic E-state index is 12.3. The van der Waals surface area contributed by atoms with Crippen LogP contribution in [0.15, 0.2) is 0 Å². The number of β-amino-alcohol motifs (C(OH)–C–C–N with tert-alkyl or cyclic N) is 1. The van der Waals surface area contributed by atoms with Gasteiger partial charge in [0.15, 0.2) is 0 Å². The van der Waals surface area contributed by atoms with Crippen molar-refractivity contribution in [2.24, 2.45) is 0 Å². The summed E-state index contributed by atoms with van der Waals surface area (Å²) in [6, 6.07) is 0.239. The van der Waals surface area contributed by atoms with Crippen molar-refractivity contribution >= 4 is 5.91 Å². The number of rotatable bonds is 2. The lowest BCUT2D eigenvalue weighted by atomic mass is 10.1. The molecule has 4 nitrogen and oxygen atoms in total. The van der Waals surface area contributed by atoms with E-state index in [-0.39, 0.29) is 18.1 Å². The van der Waals surface area contributed by atoms with E-state index in [1.807, 2.05) is 11.9 Å². The van der Waals surface area contributed by atoms with Crippen LogP contribution >= 0.6 is 0 Å².